The normalized spacial score (nSPS) is 28.9. The zero-order valence-electron chi connectivity index (χ0n) is 12.4. The Balaban J connectivity index is 2.30. The van der Waals surface area contributed by atoms with Crippen molar-refractivity contribution in [2.45, 2.75) is 58.5 Å². The highest BCUT2D eigenvalue weighted by atomic mass is 32.2. The summed E-state index contributed by atoms with van der Waals surface area (Å²) < 4.78 is 12.4. The first-order chi connectivity index (χ1) is 9.20. The van der Waals surface area contributed by atoms with E-state index in [2.05, 4.69) is 26.0 Å². The summed E-state index contributed by atoms with van der Waals surface area (Å²) in [6.45, 7) is 4.28. The van der Waals surface area contributed by atoms with Gasteiger partial charge in [-0.1, -0.05) is 50.7 Å². The average molecular weight is 269 g/mol. The predicted octanol–water partition coefficient (Wildman–Crippen LogP) is 3.59. The lowest BCUT2D eigenvalue weighted by Crippen LogP contribution is -2.17. The van der Waals surface area contributed by atoms with Crippen molar-refractivity contribution < 1.29 is 8.98 Å². The molecular formula is C14H24BO2S. The highest BCUT2D eigenvalue weighted by molar-refractivity contribution is 8.15. The highest BCUT2D eigenvalue weighted by Crippen LogP contribution is 2.35. The number of Topliss-reactive ketones (excluding diaryl/α,β-unsaturated/α-hetero) is 1. The van der Waals surface area contributed by atoms with Crippen molar-refractivity contribution in [2.75, 3.05) is 0 Å². The van der Waals surface area contributed by atoms with Gasteiger partial charge in [-0.2, -0.15) is 0 Å². The van der Waals surface area contributed by atoms with Crippen LogP contribution in [0.25, 0.3) is 0 Å². The zero-order valence-corrected chi connectivity index (χ0v) is 12.2. The van der Waals surface area contributed by atoms with Gasteiger partial charge in [-0.3, -0.25) is 4.79 Å². The molecule has 1 aliphatic carbocycles. The molecule has 4 heteroatoms. The number of carbonyl (C=O) groups is 1. The summed E-state index contributed by atoms with van der Waals surface area (Å²) in [5.41, 5.74) is 0. The first-order valence-corrected chi connectivity index (χ1v) is 7.71. The molecule has 1 fully saturated rings. The Morgan fingerprint density at radius 1 is 1.56 bits per heavy atom. The van der Waals surface area contributed by atoms with Gasteiger partial charge in [0.15, 0.2) is 0 Å². The Morgan fingerprint density at radius 2 is 2.39 bits per heavy atom. The molecule has 101 valence electrons. The molecule has 0 heterocycles. The summed E-state index contributed by atoms with van der Waals surface area (Å²) in [7, 11) is 1.16. The van der Waals surface area contributed by atoms with Gasteiger partial charge >= 0.3 is 0 Å². The zero-order chi connectivity index (χ0) is 14.1. The third kappa shape index (κ3) is 4.81. The van der Waals surface area contributed by atoms with E-state index in [1.54, 1.807) is 0 Å². The lowest BCUT2D eigenvalue weighted by Gasteiger charge is -2.17. The molecule has 0 aliphatic heterocycles. The smallest absolute Gasteiger partial charge is 0.209 e. The summed E-state index contributed by atoms with van der Waals surface area (Å²) >= 11 is 1.02. The monoisotopic (exact) mass is 269 g/mol. The van der Waals surface area contributed by atoms with Crippen molar-refractivity contribution in [3.05, 3.63) is 12.2 Å². The molecule has 18 heavy (non-hydrogen) atoms. The summed E-state index contributed by atoms with van der Waals surface area (Å²) in [6, 6.07) is 0. The molecule has 0 spiro atoms. The van der Waals surface area contributed by atoms with E-state index in [0.717, 1.165) is 31.8 Å². The second-order valence-electron chi connectivity index (χ2n) is 5.07. The van der Waals surface area contributed by atoms with Crippen LogP contribution in [0, 0.1) is 11.8 Å². The molecular weight excluding hydrogens is 243 g/mol. The van der Waals surface area contributed by atoms with E-state index < -0.39 is 0 Å². The fourth-order valence-electron chi connectivity index (χ4n) is 2.50. The standard InChI is InChI=1S/C14H24BO2S/c1-3-4-5-6-7-8-9-12-11(2)14(17-18-15)10-13(12)16/h7-8,11-12,14-15H,3-6,9-10H2,1-2H3/b8-7-/t11-,12-,14-/m1/s1/i15T. The van der Waals surface area contributed by atoms with Crippen molar-refractivity contribution in [2.24, 2.45) is 11.8 Å². The topological polar surface area (TPSA) is 26.3 Å². The van der Waals surface area contributed by atoms with E-state index in [1.807, 2.05) is 0 Å². The van der Waals surface area contributed by atoms with Crippen molar-refractivity contribution in [3.8, 4) is 0 Å². The molecule has 0 saturated heterocycles. The number of carbonyl (C=O) groups excluding carboxylic acids is 1. The van der Waals surface area contributed by atoms with Gasteiger partial charge in [0, 0.05) is 12.3 Å². The van der Waals surface area contributed by atoms with Gasteiger partial charge in [-0.05, 0) is 26.5 Å². The minimum absolute atomic E-state index is 0.0300. The maximum absolute atomic E-state index is 11.9. The average Bonchev–Trinajstić information content (AvgIpc) is 2.67. The van der Waals surface area contributed by atoms with E-state index in [0.29, 0.717) is 12.2 Å². The van der Waals surface area contributed by atoms with Crippen LogP contribution in [0.1, 0.15) is 52.4 Å². The van der Waals surface area contributed by atoms with Gasteiger partial charge < -0.3 is 4.18 Å². The Kier molecular flexibility index (Phi) is 6.95. The second kappa shape index (κ2) is 8.81. The molecule has 3 atom stereocenters. The SMILES string of the molecule is [3H][B]SO[C@@H]1CC(=O)[C@H](C/C=C\CCCCC)[C@H]1C. The molecule has 1 aliphatic rings. The van der Waals surface area contributed by atoms with E-state index in [-0.39, 0.29) is 17.9 Å². The first kappa shape index (κ1) is 14.2. The molecule has 0 aromatic rings. The van der Waals surface area contributed by atoms with Gasteiger partial charge in [0.1, 0.15) is 5.78 Å². The number of hydrogen-bond acceptors (Lipinski definition) is 3. The van der Waals surface area contributed by atoms with Gasteiger partial charge in [-0.15, -0.1) is 0 Å². The Hall–Kier alpha value is -0.215. The molecule has 1 radical (unpaired) electrons. The number of hydrogen-bond donors (Lipinski definition) is 0. The quantitative estimate of drug-likeness (QED) is 0.277. The maximum Gasteiger partial charge on any atom is 0.209 e. The van der Waals surface area contributed by atoms with E-state index in [9.17, 15) is 4.79 Å². The fraction of sp³-hybridized carbons (Fsp3) is 0.786. The van der Waals surface area contributed by atoms with Crippen LogP contribution >= 0.6 is 11.9 Å². The third-order valence-electron chi connectivity index (χ3n) is 3.75. The van der Waals surface area contributed by atoms with Crippen molar-refractivity contribution in [1.82, 2.24) is 0 Å². The maximum atomic E-state index is 11.9. The van der Waals surface area contributed by atoms with Crippen LogP contribution in [0.15, 0.2) is 12.2 Å². The van der Waals surface area contributed by atoms with Crippen molar-refractivity contribution in [3.63, 3.8) is 0 Å². The molecule has 0 bridgehead atoms. The van der Waals surface area contributed by atoms with Crippen LogP contribution in [-0.4, -0.2) is 20.3 Å². The molecule has 1 saturated carbocycles. The third-order valence-corrected chi connectivity index (χ3v) is 4.11. The Labute approximate surface area is 118 Å². The lowest BCUT2D eigenvalue weighted by molar-refractivity contribution is -0.121. The first-order valence-electron chi connectivity index (χ1n) is 7.48. The highest BCUT2D eigenvalue weighted by Gasteiger charge is 2.39. The van der Waals surface area contributed by atoms with E-state index in [1.165, 1.54) is 19.3 Å². The molecule has 0 N–H and O–H groups in total. The van der Waals surface area contributed by atoms with Crippen LogP contribution in [0.2, 0.25) is 0 Å². The summed E-state index contributed by atoms with van der Waals surface area (Å²) in [4.78, 5) is 11.9. The number of allylic oxidation sites excluding steroid dienone is 2. The summed E-state index contributed by atoms with van der Waals surface area (Å²) in [5.74, 6) is 0.653. The van der Waals surface area contributed by atoms with Crippen LogP contribution in [0.4, 0.5) is 0 Å². The molecule has 0 aromatic carbocycles. The summed E-state index contributed by atoms with van der Waals surface area (Å²) in [6.07, 6.45) is 10.5. The predicted molar refractivity (Wildman–Crippen MR) is 79.8 cm³/mol. The molecule has 0 amide bonds. The van der Waals surface area contributed by atoms with E-state index in [4.69, 9.17) is 5.52 Å². The minimum atomic E-state index is -0.0300. The Morgan fingerprint density at radius 3 is 3.11 bits per heavy atom. The fourth-order valence-corrected chi connectivity index (χ4v) is 2.89. The van der Waals surface area contributed by atoms with Crippen LogP contribution in [0.5, 0.6) is 0 Å². The van der Waals surface area contributed by atoms with Gasteiger partial charge in [0.2, 0.25) is 7.09 Å². The lowest BCUT2D eigenvalue weighted by atomic mass is 9.93. The molecule has 0 aromatic heterocycles. The van der Waals surface area contributed by atoms with Crippen LogP contribution in [-0.2, 0) is 8.98 Å². The van der Waals surface area contributed by atoms with Crippen LogP contribution in [0.3, 0.4) is 0 Å². The molecule has 2 nitrogen and oxygen atoms in total. The number of rotatable bonds is 9. The molecule has 0 unspecified atom stereocenters. The van der Waals surface area contributed by atoms with Crippen molar-refractivity contribution >= 4 is 24.8 Å². The van der Waals surface area contributed by atoms with Gasteiger partial charge in [-0.25, -0.2) is 0 Å². The molecule has 1 rings (SSSR count). The van der Waals surface area contributed by atoms with Crippen LogP contribution < -0.4 is 0 Å². The Bertz CT molecular complexity index is 299. The van der Waals surface area contributed by atoms with Gasteiger partial charge in [0.05, 0.1) is 6.10 Å². The number of ketones is 1. The largest absolute Gasteiger partial charge is 0.324 e. The number of unbranched alkanes of at least 4 members (excludes halogenated alkanes) is 3. The minimum Gasteiger partial charge on any atom is -0.324 e. The van der Waals surface area contributed by atoms with Gasteiger partial charge in [0.25, 0.3) is 0 Å². The summed E-state index contributed by atoms with van der Waals surface area (Å²) in [5, 5.41) is 0. The second-order valence-corrected chi connectivity index (χ2v) is 5.45. The van der Waals surface area contributed by atoms with E-state index >= 15 is 0 Å². The van der Waals surface area contributed by atoms with Crippen molar-refractivity contribution in [1.29, 1.82) is 1.34 Å².